The molecule has 0 spiro atoms. The van der Waals surface area contributed by atoms with Crippen molar-refractivity contribution in [3.8, 4) is 5.75 Å². The molecule has 1 atom stereocenters. The maximum absolute atomic E-state index is 14.2. The van der Waals surface area contributed by atoms with E-state index in [-0.39, 0.29) is 18.1 Å². The van der Waals surface area contributed by atoms with Crippen LogP contribution in [0.15, 0.2) is 50.1 Å². The van der Waals surface area contributed by atoms with E-state index in [9.17, 15) is 9.60 Å². The smallest absolute Gasteiger partial charge is 0.192 e. The van der Waals surface area contributed by atoms with Crippen LogP contribution in [0.25, 0.3) is 0 Å². The molecule has 12 heteroatoms. The van der Waals surface area contributed by atoms with E-state index in [1.54, 1.807) is 13.0 Å². The molecule has 176 valence electrons. The van der Waals surface area contributed by atoms with Crippen LogP contribution in [0, 0.1) is 16.6 Å². The van der Waals surface area contributed by atoms with Crippen LogP contribution < -0.4 is 20.9 Å². The minimum atomic E-state index is -0.678. The van der Waals surface area contributed by atoms with Crippen molar-refractivity contribution >= 4 is 56.1 Å². The molecule has 2 rings (SSSR count). The molecule has 1 heterocycles. The Hall–Kier alpha value is -2.83. The summed E-state index contributed by atoms with van der Waals surface area (Å²) in [5, 5.41) is 30.6. The molecule has 0 aliphatic heterocycles. The van der Waals surface area contributed by atoms with E-state index in [0.717, 1.165) is 6.34 Å². The van der Waals surface area contributed by atoms with Crippen LogP contribution >= 0.6 is 31.9 Å². The second-order valence-corrected chi connectivity index (χ2v) is 8.29. The van der Waals surface area contributed by atoms with Gasteiger partial charge in [0.2, 0.25) is 0 Å². The summed E-state index contributed by atoms with van der Waals surface area (Å²) in [6.07, 6.45) is 2.88. The SMILES string of the molecule is CCN/C(Br)=C(\C=N)CN/C(=N\C=N)c1ccc(F)cc1C(C)Oc1cc(Br)cnc1NO. The van der Waals surface area contributed by atoms with Crippen LogP contribution in [0.5, 0.6) is 5.75 Å². The lowest BCUT2D eigenvalue weighted by Gasteiger charge is -2.21. The van der Waals surface area contributed by atoms with Crippen molar-refractivity contribution in [2.24, 2.45) is 4.99 Å². The predicted octanol–water partition coefficient (Wildman–Crippen LogP) is 4.73. The van der Waals surface area contributed by atoms with Gasteiger partial charge in [-0.05, 0) is 70.0 Å². The molecule has 0 saturated carbocycles. The topological polar surface area (TPSA) is 138 Å². The molecule has 9 nitrogen and oxygen atoms in total. The number of aliphatic imine (C=N–C) groups is 1. The zero-order valence-corrected chi connectivity index (χ0v) is 21.1. The van der Waals surface area contributed by atoms with E-state index >= 15 is 0 Å². The van der Waals surface area contributed by atoms with Gasteiger partial charge in [-0.3, -0.25) is 10.6 Å². The fraction of sp³-hybridized carbons (Fsp3) is 0.238. The quantitative estimate of drug-likeness (QED) is 0.0976. The first-order valence-electron chi connectivity index (χ1n) is 9.80. The molecule has 0 radical (unpaired) electrons. The number of benzene rings is 1. The molecule has 1 unspecified atom stereocenters. The number of hydrogen-bond donors (Lipinski definition) is 6. The summed E-state index contributed by atoms with van der Waals surface area (Å²) in [5.74, 6) is 0.181. The molecule has 0 fully saturated rings. The lowest BCUT2D eigenvalue weighted by molar-refractivity contribution is 0.224. The number of amidine groups is 1. The largest absolute Gasteiger partial charge is 0.482 e. The summed E-state index contributed by atoms with van der Waals surface area (Å²) < 4.78 is 21.4. The van der Waals surface area contributed by atoms with E-state index < -0.39 is 11.9 Å². The van der Waals surface area contributed by atoms with Crippen LogP contribution in [-0.4, -0.2) is 41.7 Å². The molecule has 0 amide bonds. The average Bonchev–Trinajstić information content (AvgIpc) is 2.79. The number of anilines is 1. The van der Waals surface area contributed by atoms with Gasteiger partial charge in [-0.1, -0.05) is 0 Å². The predicted molar refractivity (Wildman–Crippen MR) is 135 cm³/mol. The highest BCUT2D eigenvalue weighted by Crippen LogP contribution is 2.31. The first kappa shape index (κ1) is 26.4. The van der Waals surface area contributed by atoms with Gasteiger partial charge in [-0.15, -0.1) is 0 Å². The maximum Gasteiger partial charge on any atom is 0.192 e. The van der Waals surface area contributed by atoms with Gasteiger partial charge in [0.25, 0.3) is 0 Å². The van der Waals surface area contributed by atoms with Crippen molar-refractivity contribution in [1.82, 2.24) is 15.6 Å². The van der Waals surface area contributed by atoms with Crippen molar-refractivity contribution in [1.29, 1.82) is 10.8 Å². The van der Waals surface area contributed by atoms with Gasteiger partial charge in [0.05, 0.1) is 4.61 Å². The van der Waals surface area contributed by atoms with E-state index in [2.05, 4.69) is 52.5 Å². The second-order valence-electron chi connectivity index (χ2n) is 6.58. The minimum Gasteiger partial charge on any atom is -0.482 e. The first-order valence-corrected chi connectivity index (χ1v) is 11.4. The number of nitrogens with zero attached hydrogens (tertiary/aromatic N) is 2. The van der Waals surface area contributed by atoms with Gasteiger partial charge >= 0.3 is 0 Å². The van der Waals surface area contributed by atoms with Crippen molar-refractivity contribution in [2.75, 3.05) is 18.6 Å². The van der Waals surface area contributed by atoms with E-state index in [0.29, 0.717) is 38.2 Å². The lowest BCUT2D eigenvalue weighted by Crippen LogP contribution is -2.30. The number of nitrogens with one attached hydrogen (secondary N) is 5. The van der Waals surface area contributed by atoms with Crippen molar-refractivity contribution in [3.05, 3.63) is 62.1 Å². The highest BCUT2D eigenvalue weighted by Gasteiger charge is 2.19. The number of hydrogen-bond acceptors (Lipinski definition) is 7. The Morgan fingerprint density at radius 2 is 2.09 bits per heavy atom. The van der Waals surface area contributed by atoms with Crippen LogP contribution in [0.3, 0.4) is 0 Å². The van der Waals surface area contributed by atoms with Crippen LogP contribution in [0.4, 0.5) is 10.2 Å². The van der Waals surface area contributed by atoms with E-state index in [4.69, 9.17) is 15.6 Å². The number of aromatic nitrogens is 1. The van der Waals surface area contributed by atoms with Crippen molar-refractivity contribution in [2.45, 2.75) is 20.0 Å². The molecule has 0 bridgehead atoms. The molecular weight excluding hydrogens is 561 g/mol. The summed E-state index contributed by atoms with van der Waals surface area (Å²) >= 11 is 6.71. The number of pyridine rings is 1. The summed E-state index contributed by atoms with van der Waals surface area (Å²) in [6.45, 7) is 4.55. The van der Waals surface area contributed by atoms with Crippen molar-refractivity contribution < 1.29 is 14.3 Å². The molecule has 6 N–H and O–H groups in total. The van der Waals surface area contributed by atoms with Crippen molar-refractivity contribution in [3.63, 3.8) is 0 Å². The van der Waals surface area contributed by atoms with Gasteiger partial charge < -0.3 is 20.8 Å². The molecule has 2 aromatic rings. The van der Waals surface area contributed by atoms with E-state index in [1.807, 2.05) is 12.4 Å². The van der Waals surface area contributed by atoms with Gasteiger partial charge in [0.1, 0.15) is 24.1 Å². The third-order valence-electron chi connectivity index (χ3n) is 4.36. The average molecular weight is 585 g/mol. The second kappa shape index (κ2) is 13.0. The third-order valence-corrected chi connectivity index (χ3v) is 5.59. The molecule has 0 saturated heterocycles. The Bertz CT molecular complexity index is 1060. The highest BCUT2D eigenvalue weighted by atomic mass is 79.9. The summed E-state index contributed by atoms with van der Waals surface area (Å²) in [6, 6.07) is 5.76. The van der Waals surface area contributed by atoms with Crippen LogP contribution in [0.2, 0.25) is 0 Å². The Morgan fingerprint density at radius 3 is 2.73 bits per heavy atom. The van der Waals surface area contributed by atoms with Crippen LogP contribution in [-0.2, 0) is 0 Å². The van der Waals surface area contributed by atoms with E-state index in [1.165, 1.54) is 30.6 Å². The molecule has 1 aromatic carbocycles. The molecule has 1 aromatic heterocycles. The fourth-order valence-corrected chi connectivity index (χ4v) is 3.69. The normalized spacial score (nSPS) is 13.0. The monoisotopic (exact) mass is 583 g/mol. The Balaban J connectivity index is 2.41. The molecular formula is C21H24Br2FN7O2. The maximum atomic E-state index is 14.2. The summed E-state index contributed by atoms with van der Waals surface area (Å²) in [5.41, 5.74) is 3.57. The Morgan fingerprint density at radius 1 is 1.33 bits per heavy atom. The Labute approximate surface area is 207 Å². The summed E-state index contributed by atoms with van der Waals surface area (Å²) in [4.78, 5) is 8.13. The molecule has 0 aliphatic carbocycles. The fourth-order valence-electron chi connectivity index (χ4n) is 2.85. The third kappa shape index (κ3) is 7.34. The zero-order valence-electron chi connectivity index (χ0n) is 17.9. The van der Waals surface area contributed by atoms with Gasteiger partial charge in [0, 0.05) is 46.7 Å². The molecule has 0 aliphatic rings. The number of halogens is 3. The Kier molecular flexibility index (Phi) is 10.4. The van der Waals surface area contributed by atoms with Gasteiger partial charge in [-0.25, -0.2) is 19.8 Å². The number of rotatable bonds is 11. The molecule has 33 heavy (non-hydrogen) atoms. The van der Waals surface area contributed by atoms with Gasteiger partial charge in [0.15, 0.2) is 11.6 Å². The number of ether oxygens (including phenoxy) is 1. The standard InChI is InChI=1S/C21H24Br2FN7O2/c1-3-27-19(23)13(8-25)9-28-20(30-11-26)16-5-4-15(24)7-17(16)12(2)33-18-6-14(22)10-29-21(18)31-32/h4-8,10-12,25,27,32H,3,9H2,1-2H3,(H,29,31)(H2,26,28,30)/b19-13+,25-8?. The minimum absolute atomic E-state index is 0.101. The highest BCUT2D eigenvalue weighted by molar-refractivity contribution is 9.11. The van der Waals surface area contributed by atoms with Crippen LogP contribution in [0.1, 0.15) is 31.1 Å². The first-order chi connectivity index (χ1) is 15.8. The lowest BCUT2D eigenvalue weighted by atomic mass is 10.0. The zero-order chi connectivity index (χ0) is 24.4. The summed E-state index contributed by atoms with van der Waals surface area (Å²) in [7, 11) is 0. The van der Waals surface area contributed by atoms with Gasteiger partial charge in [-0.2, -0.15) is 0 Å².